The van der Waals surface area contributed by atoms with E-state index in [1.54, 1.807) is 7.05 Å². The predicted octanol–water partition coefficient (Wildman–Crippen LogP) is -0.790. The number of aromatic nitrogens is 2. The lowest BCUT2D eigenvalue weighted by molar-refractivity contribution is -0.126. The van der Waals surface area contributed by atoms with Crippen molar-refractivity contribution in [3.05, 3.63) is 12.4 Å². The molecule has 122 valence electrons. The van der Waals surface area contributed by atoms with Crippen molar-refractivity contribution in [3.8, 4) is 0 Å². The Kier molecular flexibility index (Phi) is 4.20. The average Bonchev–Trinajstić information content (AvgIpc) is 3.04. The Bertz CT molecular complexity index is 652. The fraction of sp³-hybridized carbons (Fsp3) is 0.692. The van der Waals surface area contributed by atoms with Gasteiger partial charge in [-0.05, 0) is 18.8 Å². The first-order valence-electron chi connectivity index (χ1n) is 7.42. The fourth-order valence-corrected chi connectivity index (χ4v) is 3.55. The molecule has 0 unspecified atom stereocenters. The first kappa shape index (κ1) is 15.4. The van der Waals surface area contributed by atoms with E-state index in [0.29, 0.717) is 25.7 Å². The Labute approximate surface area is 130 Å². The van der Waals surface area contributed by atoms with E-state index in [2.05, 4.69) is 9.82 Å². The Morgan fingerprint density at radius 3 is 2.82 bits per heavy atom. The highest BCUT2D eigenvalue weighted by Crippen LogP contribution is 2.30. The molecule has 1 aromatic heterocycles. The molecule has 2 heterocycles. The Morgan fingerprint density at radius 1 is 1.41 bits per heavy atom. The van der Waals surface area contributed by atoms with Crippen LogP contribution >= 0.6 is 0 Å². The monoisotopic (exact) mass is 327 g/mol. The molecule has 9 heteroatoms. The number of hydrogen-bond acceptors (Lipinski definition) is 5. The van der Waals surface area contributed by atoms with Crippen molar-refractivity contribution < 1.29 is 13.2 Å². The van der Waals surface area contributed by atoms with Crippen molar-refractivity contribution in [2.45, 2.75) is 17.7 Å². The Hall–Kier alpha value is -1.45. The third-order valence-corrected chi connectivity index (χ3v) is 5.38. The summed E-state index contributed by atoms with van der Waals surface area (Å²) in [5.41, 5.74) is 0. The smallest absolute Gasteiger partial charge is 0.243 e. The van der Waals surface area contributed by atoms with Crippen LogP contribution in [-0.4, -0.2) is 66.8 Å². The first-order valence-corrected chi connectivity index (χ1v) is 8.91. The van der Waals surface area contributed by atoms with E-state index in [1.165, 1.54) is 29.9 Å². The van der Waals surface area contributed by atoms with Gasteiger partial charge in [-0.3, -0.25) is 14.4 Å². The summed E-state index contributed by atoms with van der Waals surface area (Å²) < 4.78 is 28.1. The number of rotatable bonds is 7. The summed E-state index contributed by atoms with van der Waals surface area (Å²) in [5.74, 6) is 0.815. The topological polar surface area (TPSA) is 87.5 Å². The maximum absolute atomic E-state index is 12.0. The van der Waals surface area contributed by atoms with Crippen LogP contribution in [0.25, 0.3) is 0 Å². The number of aryl methyl sites for hydroxylation is 1. The average molecular weight is 327 g/mol. The molecule has 1 aliphatic heterocycles. The van der Waals surface area contributed by atoms with Gasteiger partial charge in [0.15, 0.2) is 0 Å². The van der Waals surface area contributed by atoms with Crippen molar-refractivity contribution in [1.29, 1.82) is 0 Å². The fourth-order valence-electron chi connectivity index (χ4n) is 2.54. The van der Waals surface area contributed by atoms with E-state index in [4.69, 9.17) is 0 Å². The Balaban J connectivity index is 1.46. The van der Waals surface area contributed by atoms with Crippen LogP contribution in [0.5, 0.6) is 0 Å². The zero-order valence-corrected chi connectivity index (χ0v) is 13.4. The van der Waals surface area contributed by atoms with Gasteiger partial charge in [0.05, 0.1) is 19.4 Å². The quantitative estimate of drug-likeness (QED) is 0.709. The molecule has 1 saturated heterocycles. The van der Waals surface area contributed by atoms with Gasteiger partial charge in [0.2, 0.25) is 15.9 Å². The lowest BCUT2D eigenvalue weighted by Gasteiger charge is -2.17. The van der Waals surface area contributed by atoms with Crippen LogP contribution in [0.1, 0.15) is 12.8 Å². The highest BCUT2D eigenvalue weighted by Gasteiger charge is 2.32. The van der Waals surface area contributed by atoms with E-state index >= 15 is 0 Å². The first-order chi connectivity index (χ1) is 10.4. The van der Waals surface area contributed by atoms with E-state index in [9.17, 15) is 13.2 Å². The standard InChI is InChI=1S/C13H21N5O3S/c1-16-8-12(6-14-16)22(20,21)15-4-5-17-9-13(19)18(10-17)7-11-2-3-11/h6,8,11,15H,2-5,7,9-10H2,1H3. The van der Waals surface area contributed by atoms with Crippen LogP contribution < -0.4 is 4.72 Å². The number of carbonyl (C=O) groups is 1. The number of hydrogen-bond donors (Lipinski definition) is 1. The van der Waals surface area contributed by atoms with Crippen LogP contribution in [0.3, 0.4) is 0 Å². The molecule has 3 rings (SSSR count). The molecule has 0 radical (unpaired) electrons. The summed E-state index contributed by atoms with van der Waals surface area (Å²) in [6.07, 6.45) is 5.21. The normalized spacial score (nSPS) is 20.0. The minimum atomic E-state index is -3.53. The lowest BCUT2D eigenvalue weighted by atomic mass is 10.4. The predicted molar refractivity (Wildman–Crippen MR) is 79.3 cm³/mol. The number of amides is 1. The van der Waals surface area contributed by atoms with Crippen LogP contribution in [0.2, 0.25) is 0 Å². The molecule has 2 fully saturated rings. The van der Waals surface area contributed by atoms with E-state index in [1.807, 2.05) is 9.80 Å². The lowest BCUT2D eigenvalue weighted by Crippen LogP contribution is -2.35. The van der Waals surface area contributed by atoms with Crippen LogP contribution in [0, 0.1) is 5.92 Å². The summed E-state index contributed by atoms with van der Waals surface area (Å²) in [4.78, 5) is 15.9. The van der Waals surface area contributed by atoms with Crippen molar-refractivity contribution in [2.75, 3.05) is 32.8 Å². The molecule has 1 amide bonds. The molecular formula is C13H21N5O3S. The number of sulfonamides is 1. The largest absolute Gasteiger partial charge is 0.328 e. The molecule has 0 spiro atoms. The van der Waals surface area contributed by atoms with Gasteiger partial charge < -0.3 is 4.90 Å². The van der Waals surface area contributed by atoms with E-state index in [0.717, 1.165) is 6.54 Å². The second kappa shape index (κ2) is 5.98. The highest BCUT2D eigenvalue weighted by molar-refractivity contribution is 7.89. The van der Waals surface area contributed by atoms with Crippen LogP contribution in [-0.2, 0) is 21.9 Å². The van der Waals surface area contributed by atoms with Gasteiger partial charge in [0.1, 0.15) is 4.90 Å². The molecule has 1 aliphatic carbocycles. The summed E-state index contributed by atoms with van der Waals surface area (Å²) >= 11 is 0. The van der Waals surface area contributed by atoms with Crippen molar-refractivity contribution in [3.63, 3.8) is 0 Å². The molecule has 1 aromatic rings. The van der Waals surface area contributed by atoms with Crippen molar-refractivity contribution >= 4 is 15.9 Å². The van der Waals surface area contributed by atoms with Crippen molar-refractivity contribution in [2.24, 2.45) is 13.0 Å². The maximum Gasteiger partial charge on any atom is 0.243 e. The maximum atomic E-state index is 12.0. The molecule has 0 bridgehead atoms. The molecule has 1 saturated carbocycles. The molecule has 22 heavy (non-hydrogen) atoms. The number of nitrogens with one attached hydrogen (secondary N) is 1. The third kappa shape index (κ3) is 3.65. The Morgan fingerprint density at radius 2 is 2.18 bits per heavy atom. The van der Waals surface area contributed by atoms with Crippen LogP contribution in [0.15, 0.2) is 17.3 Å². The van der Waals surface area contributed by atoms with Gasteiger partial charge in [-0.25, -0.2) is 13.1 Å². The van der Waals surface area contributed by atoms with Gasteiger partial charge in [0.25, 0.3) is 0 Å². The molecule has 2 aliphatic rings. The zero-order chi connectivity index (χ0) is 15.7. The summed E-state index contributed by atoms with van der Waals surface area (Å²) in [5, 5.41) is 3.86. The molecular weight excluding hydrogens is 306 g/mol. The van der Waals surface area contributed by atoms with Crippen molar-refractivity contribution in [1.82, 2.24) is 24.3 Å². The third-order valence-electron chi connectivity index (χ3n) is 3.97. The van der Waals surface area contributed by atoms with E-state index in [-0.39, 0.29) is 17.3 Å². The van der Waals surface area contributed by atoms with Gasteiger partial charge in [-0.15, -0.1) is 0 Å². The second-order valence-corrected chi connectivity index (χ2v) is 7.77. The summed E-state index contributed by atoms with van der Waals surface area (Å²) in [6.45, 7) is 2.62. The molecule has 1 N–H and O–H groups in total. The van der Waals surface area contributed by atoms with Gasteiger partial charge in [-0.2, -0.15) is 5.10 Å². The van der Waals surface area contributed by atoms with Gasteiger partial charge in [0, 0.05) is 32.9 Å². The second-order valence-electron chi connectivity index (χ2n) is 6.00. The SMILES string of the molecule is Cn1cc(S(=O)(=O)NCCN2CC(=O)N(CC3CC3)C2)cn1. The number of carbonyl (C=O) groups excluding carboxylic acids is 1. The van der Waals surface area contributed by atoms with Gasteiger partial charge >= 0.3 is 0 Å². The highest BCUT2D eigenvalue weighted by atomic mass is 32.2. The molecule has 0 atom stereocenters. The summed E-state index contributed by atoms with van der Waals surface area (Å²) in [6, 6.07) is 0. The number of nitrogens with zero attached hydrogens (tertiary/aromatic N) is 4. The minimum absolute atomic E-state index is 0.141. The van der Waals surface area contributed by atoms with Gasteiger partial charge in [-0.1, -0.05) is 0 Å². The minimum Gasteiger partial charge on any atom is -0.328 e. The summed E-state index contributed by atoms with van der Waals surface area (Å²) in [7, 11) is -1.86. The van der Waals surface area contributed by atoms with E-state index < -0.39 is 10.0 Å². The molecule has 0 aromatic carbocycles. The molecule has 8 nitrogen and oxygen atoms in total. The van der Waals surface area contributed by atoms with Crippen LogP contribution in [0.4, 0.5) is 0 Å². The zero-order valence-electron chi connectivity index (χ0n) is 12.6.